The molecule has 17 heavy (non-hydrogen) atoms. The van der Waals surface area contributed by atoms with E-state index < -0.39 is 5.60 Å². The van der Waals surface area contributed by atoms with E-state index in [-0.39, 0.29) is 12.0 Å². The van der Waals surface area contributed by atoms with E-state index in [4.69, 9.17) is 4.74 Å². The first kappa shape index (κ1) is 12.0. The highest BCUT2D eigenvalue weighted by molar-refractivity contribution is 5.83. The zero-order valence-electron chi connectivity index (χ0n) is 10.8. The minimum absolute atomic E-state index is 0.173. The van der Waals surface area contributed by atoms with E-state index in [2.05, 4.69) is 11.4 Å². The number of fused-ring (bicyclic) bond motifs is 1. The van der Waals surface area contributed by atoms with Gasteiger partial charge in [0.2, 0.25) is 0 Å². The van der Waals surface area contributed by atoms with Crippen LogP contribution in [0.4, 0.5) is 5.69 Å². The van der Waals surface area contributed by atoms with Gasteiger partial charge in [-0.15, -0.1) is 0 Å². The van der Waals surface area contributed by atoms with Crippen LogP contribution in [0.1, 0.15) is 31.9 Å². The molecule has 0 bridgehead atoms. The number of carbonyl (C=O) groups is 1. The lowest BCUT2D eigenvalue weighted by molar-refractivity contribution is -0.155. The summed E-state index contributed by atoms with van der Waals surface area (Å²) in [4.78, 5) is 12.0. The molecule has 1 aliphatic heterocycles. The van der Waals surface area contributed by atoms with Crippen molar-refractivity contribution in [3.05, 3.63) is 29.3 Å². The standard InChI is InChI=1S/C14H19NO2/c1-9-6-5-7-10-8-11(15-12(9)10)13(16)17-14(2,3)4/h5-7,11,15H,8H2,1-4H3. The van der Waals surface area contributed by atoms with Crippen LogP contribution in [-0.2, 0) is 16.0 Å². The number of carbonyl (C=O) groups excluding carboxylic acids is 1. The second kappa shape index (κ2) is 4.06. The maximum absolute atomic E-state index is 12.0. The van der Waals surface area contributed by atoms with Crippen molar-refractivity contribution in [1.82, 2.24) is 0 Å². The third-order valence-electron chi connectivity index (χ3n) is 2.79. The summed E-state index contributed by atoms with van der Waals surface area (Å²) in [5, 5.41) is 3.25. The van der Waals surface area contributed by atoms with E-state index in [1.54, 1.807) is 0 Å². The van der Waals surface area contributed by atoms with Gasteiger partial charge in [0.05, 0.1) is 0 Å². The van der Waals surface area contributed by atoms with Gasteiger partial charge < -0.3 is 10.1 Å². The molecule has 0 saturated heterocycles. The SMILES string of the molecule is Cc1cccc2c1NC(C(=O)OC(C)(C)C)C2. The molecule has 0 saturated carbocycles. The fourth-order valence-electron chi connectivity index (χ4n) is 2.07. The van der Waals surface area contributed by atoms with Crippen LogP contribution >= 0.6 is 0 Å². The van der Waals surface area contributed by atoms with Crippen LogP contribution in [0.2, 0.25) is 0 Å². The van der Waals surface area contributed by atoms with E-state index >= 15 is 0 Å². The molecule has 1 aromatic carbocycles. The van der Waals surface area contributed by atoms with Crippen LogP contribution in [0.25, 0.3) is 0 Å². The number of nitrogens with one attached hydrogen (secondary N) is 1. The van der Waals surface area contributed by atoms with Gasteiger partial charge in [0.25, 0.3) is 0 Å². The van der Waals surface area contributed by atoms with E-state index in [9.17, 15) is 4.79 Å². The van der Waals surface area contributed by atoms with Gasteiger partial charge in [-0.25, -0.2) is 4.79 Å². The Hall–Kier alpha value is -1.51. The topological polar surface area (TPSA) is 38.3 Å². The number of hydrogen-bond donors (Lipinski definition) is 1. The lowest BCUT2D eigenvalue weighted by Gasteiger charge is -2.22. The molecule has 3 heteroatoms. The second-order valence-corrected chi connectivity index (χ2v) is 5.54. The fraction of sp³-hybridized carbons (Fsp3) is 0.500. The smallest absolute Gasteiger partial charge is 0.329 e. The molecule has 0 amide bonds. The summed E-state index contributed by atoms with van der Waals surface area (Å²) >= 11 is 0. The van der Waals surface area contributed by atoms with Crippen LogP contribution in [0, 0.1) is 6.92 Å². The number of esters is 1. The Labute approximate surface area is 102 Å². The molecule has 1 N–H and O–H groups in total. The Bertz CT molecular complexity index is 446. The number of para-hydroxylation sites is 1. The molecule has 0 aliphatic carbocycles. The second-order valence-electron chi connectivity index (χ2n) is 5.54. The largest absolute Gasteiger partial charge is 0.458 e. The number of aryl methyl sites for hydroxylation is 1. The number of rotatable bonds is 1. The third kappa shape index (κ3) is 2.60. The molecule has 2 rings (SSSR count). The van der Waals surface area contributed by atoms with Crippen LogP contribution in [0.3, 0.4) is 0 Å². The van der Waals surface area contributed by atoms with Crippen LogP contribution in [-0.4, -0.2) is 17.6 Å². The van der Waals surface area contributed by atoms with Gasteiger partial charge in [-0.2, -0.15) is 0 Å². The summed E-state index contributed by atoms with van der Waals surface area (Å²) in [6, 6.07) is 5.88. The summed E-state index contributed by atoms with van der Waals surface area (Å²) in [5.74, 6) is -0.173. The first-order valence-corrected chi connectivity index (χ1v) is 5.95. The van der Waals surface area contributed by atoms with E-state index in [0.717, 1.165) is 5.69 Å². The summed E-state index contributed by atoms with van der Waals surface area (Å²) in [6.07, 6.45) is 0.714. The Morgan fingerprint density at radius 1 is 1.41 bits per heavy atom. The summed E-state index contributed by atoms with van der Waals surface area (Å²) in [6.45, 7) is 7.71. The van der Waals surface area contributed by atoms with E-state index in [0.29, 0.717) is 6.42 Å². The normalized spacial score (nSPS) is 18.5. The molecular formula is C14H19NO2. The van der Waals surface area contributed by atoms with Crippen LogP contribution in [0.15, 0.2) is 18.2 Å². The summed E-state index contributed by atoms with van der Waals surface area (Å²) in [5.41, 5.74) is 3.03. The van der Waals surface area contributed by atoms with E-state index in [1.807, 2.05) is 39.8 Å². The first-order chi connectivity index (χ1) is 7.87. The minimum Gasteiger partial charge on any atom is -0.458 e. The highest BCUT2D eigenvalue weighted by Gasteiger charge is 2.31. The summed E-state index contributed by atoms with van der Waals surface area (Å²) in [7, 11) is 0. The van der Waals surface area contributed by atoms with E-state index in [1.165, 1.54) is 11.1 Å². The van der Waals surface area contributed by atoms with Gasteiger partial charge in [0, 0.05) is 12.1 Å². The molecule has 1 heterocycles. The molecule has 3 nitrogen and oxygen atoms in total. The van der Waals surface area contributed by atoms with Crippen molar-refractivity contribution in [1.29, 1.82) is 0 Å². The van der Waals surface area contributed by atoms with Crippen LogP contribution < -0.4 is 5.32 Å². The molecule has 0 radical (unpaired) electrons. The maximum atomic E-state index is 12.0. The van der Waals surface area contributed by atoms with Gasteiger partial charge in [-0.1, -0.05) is 18.2 Å². The average Bonchev–Trinajstić information content (AvgIpc) is 2.60. The van der Waals surface area contributed by atoms with Crippen molar-refractivity contribution in [2.24, 2.45) is 0 Å². The molecule has 92 valence electrons. The van der Waals surface area contributed by atoms with Crippen molar-refractivity contribution >= 4 is 11.7 Å². The van der Waals surface area contributed by atoms with Gasteiger partial charge >= 0.3 is 5.97 Å². The molecule has 0 aromatic heterocycles. The molecular weight excluding hydrogens is 214 g/mol. The number of anilines is 1. The molecule has 1 aliphatic rings. The lowest BCUT2D eigenvalue weighted by atomic mass is 10.1. The monoisotopic (exact) mass is 233 g/mol. The van der Waals surface area contributed by atoms with Crippen molar-refractivity contribution in [3.8, 4) is 0 Å². The highest BCUT2D eigenvalue weighted by Crippen LogP contribution is 2.29. The lowest BCUT2D eigenvalue weighted by Crippen LogP contribution is -2.35. The molecule has 1 aromatic rings. The Kier molecular flexibility index (Phi) is 2.86. The number of ether oxygens (including phenoxy) is 1. The Balaban J connectivity index is 2.10. The molecule has 1 atom stereocenters. The minimum atomic E-state index is -0.428. The van der Waals surface area contributed by atoms with Gasteiger partial charge in [0.1, 0.15) is 11.6 Å². The Morgan fingerprint density at radius 3 is 2.71 bits per heavy atom. The third-order valence-corrected chi connectivity index (χ3v) is 2.79. The maximum Gasteiger partial charge on any atom is 0.329 e. The van der Waals surface area contributed by atoms with Crippen molar-refractivity contribution in [2.45, 2.75) is 45.8 Å². The first-order valence-electron chi connectivity index (χ1n) is 5.95. The van der Waals surface area contributed by atoms with Crippen molar-refractivity contribution < 1.29 is 9.53 Å². The van der Waals surface area contributed by atoms with Gasteiger partial charge in [0.15, 0.2) is 0 Å². The van der Waals surface area contributed by atoms with Crippen molar-refractivity contribution in [3.63, 3.8) is 0 Å². The summed E-state index contributed by atoms with van der Waals surface area (Å²) < 4.78 is 5.39. The molecule has 0 spiro atoms. The highest BCUT2D eigenvalue weighted by atomic mass is 16.6. The molecule has 0 fully saturated rings. The average molecular weight is 233 g/mol. The van der Waals surface area contributed by atoms with Gasteiger partial charge in [-0.3, -0.25) is 0 Å². The number of benzene rings is 1. The Morgan fingerprint density at radius 2 is 2.12 bits per heavy atom. The fourth-order valence-corrected chi connectivity index (χ4v) is 2.07. The van der Waals surface area contributed by atoms with Gasteiger partial charge in [-0.05, 0) is 38.8 Å². The predicted molar refractivity (Wildman–Crippen MR) is 68.1 cm³/mol. The number of hydrogen-bond acceptors (Lipinski definition) is 3. The quantitative estimate of drug-likeness (QED) is 0.758. The zero-order chi connectivity index (χ0) is 12.6. The zero-order valence-corrected chi connectivity index (χ0v) is 10.8. The van der Waals surface area contributed by atoms with Crippen molar-refractivity contribution in [2.75, 3.05) is 5.32 Å². The predicted octanol–water partition coefficient (Wildman–Crippen LogP) is 2.67. The van der Waals surface area contributed by atoms with Crippen LogP contribution in [0.5, 0.6) is 0 Å². The molecule has 1 unspecified atom stereocenters.